The molecule has 0 spiro atoms. The van der Waals surface area contributed by atoms with Crippen LogP contribution in [-0.2, 0) is 0 Å². The zero-order valence-electron chi connectivity index (χ0n) is 18.9. The fourth-order valence-corrected chi connectivity index (χ4v) is 3.69. The maximum atomic E-state index is 13.6. The number of fused-ring (bicyclic) bond motifs is 1. The van der Waals surface area contributed by atoms with E-state index in [1.165, 1.54) is 24.3 Å². The van der Waals surface area contributed by atoms with Crippen molar-refractivity contribution in [3.8, 4) is 16.8 Å². The molecule has 0 amide bonds. The van der Waals surface area contributed by atoms with Crippen LogP contribution in [0.15, 0.2) is 48.5 Å². The smallest absolute Gasteiger partial charge is 0.335 e. The molecular formula is C25H26FN5O2. The first-order valence-electron chi connectivity index (χ1n) is 10.6. The van der Waals surface area contributed by atoms with E-state index in [-0.39, 0.29) is 28.8 Å². The normalized spacial score (nSPS) is 10.7. The van der Waals surface area contributed by atoms with Crippen LogP contribution in [0.2, 0.25) is 0 Å². The molecule has 4 aromatic rings. The number of aromatic carboxylic acids is 1. The van der Waals surface area contributed by atoms with E-state index in [4.69, 9.17) is 11.1 Å². The first-order chi connectivity index (χ1) is 15.8. The molecule has 0 atom stereocenters. The highest BCUT2D eigenvalue weighted by Crippen LogP contribution is 2.39. The zero-order valence-corrected chi connectivity index (χ0v) is 18.9. The summed E-state index contributed by atoms with van der Waals surface area (Å²) in [6, 6.07) is 12.6. The van der Waals surface area contributed by atoms with Gasteiger partial charge in [0.05, 0.1) is 5.56 Å². The molecule has 0 saturated heterocycles. The highest BCUT2D eigenvalue weighted by atomic mass is 19.1. The Morgan fingerprint density at radius 2 is 1.70 bits per heavy atom. The quantitative estimate of drug-likeness (QED) is 0.342. The van der Waals surface area contributed by atoms with E-state index in [2.05, 4.69) is 9.97 Å². The monoisotopic (exact) mass is 447 g/mol. The summed E-state index contributed by atoms with van der Waals surface area (Å²) >= 11 is 0. The van der Waals surface area contributed by atoms with Crippen molar-refractivity contribution < 1.29 is 14.3 Å². The lowest BCUT2D eigenvalue weighted by molar-refractivity contribution is 0.0697. The first-order valence-corrected chi connectivity index (χ1v) is 10.6. The van der Waals surface area contributed by atoms with Crippen LogP contribution in [0, 0.1) is 11.2 Å². The molecule has 4 rings (SSSR count). The van der Waals surface area contributed by atoms with Gasteiger partial charge < -0.3 is 16.2 Å². The predicted octanol–water partition coefficient (Wildman–Crippen LogP) is 5.65. The average molecular weight is 448 g/mol. The van der Waals surface area contributed by atoms with E-state index >= 15 is 0 Å². The highest BCUT2D eigenvalue weighted by molar-refractivity contribution is 5.98. The lowest BCUT2D eigenvalue weighted by Gasteiger charge is -2.15. The number of benzene rings is 2. The number of rotatable bonds is 5. The number of hydrogen-bond acceptors (Lipinski definition) is 5. The number of nitrogen functional groups attached to an aromatic ring is 1. The number of aromatic nitrogens is 3. The topological polar surface area (TPSA) is 118 Å². The number of carbonyl (C=O) groups is 1. The number of hydrogen-bond donors (Lipinski definition) is 3. The number of halogens is 1. The van der Waals surface area contributed by atoms with E-state index in [1.807, 2.05) is 32.3 Å². The third-order valence-electron chi connectivity index (χ3n) is 5.07. The summed E-state index contributed by atoms with van der Waals surface area (Å²) in [5, 5.41) is 16.8. The van der Waals surface area contributed by atoms with Gasteiger partial charge in [-0.25, -0.2) is 19.2 Å². The minimum atomic E-state index is -1.01. The molecule has 4 N–H and O–H groups in total. The maximum absolute atomic E-state index is 13.6. The largest absolute Gasteiger partial charge is 0.478 e. The van der Waals surface area contributed by atoms with Crippen molar-refractivity contribution in [2.45, 2.75) is 33.6 Å². The molecule has 170 valence electrons. The standard InChI is InChI=1S/C23H20FN5O2.C2H6/c1-12(2)20-18(13-3-5-14(6-4-13)23(30)31)19-22(27-17(11-25)21(26)28-19)29(20)16-9-7-15(24)8-10-16;1-2/h3-12,25H,1-2H3,(H2,26,28)(H,30,31);1-2H3. The van der Waals surface area contributed by atoms with Crippen LogP contribution >= 0.6 is 0 Å². The summed E-state index contributed by atoms with van der Waals surface area (Å²) < 4.78 is 15.5. The lowest BCUT2D eigenvalue weighted by atomic mass is 9.98. The van der Waals surface area contributed by atoms with Crippen molar-refractivity contribution in [1.29, 1.82) is 5.41 Å². The second-order valence-electron chi connectivity index (χ2n) is 7.42. The number of carboxylic acids is 1. The fourth-order valence-electron chi connectivity index (χ4n) is 3.69. The third kappa shape index (κ3) is 4.32. The Kier molecular flexibility index (Phi) is 6.86. The molecule has 2 heterocycles. The maximum Gasteiger partial charge on any atom is 0.335 e. The minimum Gasteiger partial charge on any atom is -0.478 e. The molecule has 0 aliphatic heterocycles. The molecule has 0 aliphatic carbocycles. The lowest BCUT2D eigenvalue weighted by Crippen LogP contribution is -2.05. The van der Waals surface area contributed by atoms with E-state index in [0.717, 1.165) is 23.0 Å². The molecule has 2 aromatic carbocycles. The fraction of sp³-hybridized carbons (Fsp3) is 0.200. The minimum absolute atomic E-state index is 0.0138. The van der Waals surface area contributed by atoms with Gasteiger partial charge in [-0.05, 0) is 47.9 Å². The van der Waals surface area contributed by atoms with Crippen LogP contribution in [0.4, 0.5) is 10.2 Å². The van der Waals surface area contributed by atoms with Crippen LogP contribution in [0.3, 0.4) is 0 Å². The van der Waals surface area contributed by atoms with E-state index in [0.29, 0.717) is 16.9 Å². The van der Waals surface area contributed by atoms with Gasteiger partial charge in [-0.2, -0.15) is 0 Å². The van der Waals surface area contributed by atoms with Crippen molar-refractivity contribution in [2.75, 3.05) is 5.73 Å². The number of nitrogens with two attached hydrogens (primary N) is 1. The van der Waals surface area contributed by atoms with Gasteiger partial charge in [0.1, 0.15) is 17.0 Å². The summed E-state index contributed by atoms with van der Waals surface area (Å²) in [4.78, 5) is 20.4. The SMILES string of the molecule is CC.CC(C)c1c(-c2ccc(C(=O)O)cc2)c2nc(N)c(C=N)nc2n1-c1ccc(F)cc1. The van der Waals surface area contributed by atoms with Crippen LogP contribution in [0.25, 0.3) is 28.0 Å². The Balaban J connectivity index is 0.00000149. The molecule has 0 aliphatic rings. The van der Waals surface area contributed by atoms with Crippen LogP contribution < -0.4 is 5.73 Å². The molecular weight excluding hydrogens is 421 g/mol. The van der Waals surface area contributed by atoms with Gasteiger partial charge in [0.15, 0.2) is 11.5 Å². The van der Waals surface area contributed by atoms with Crippen molar-refractivity contribution in [1.82, 2.24) is 14.5 Å². The molecule has 0 bridgehead atoms. The van der Waals surface area contributed by atoms with Gasteiger partial charge in [-0.3, -0.25) is 4.57 Å². The van der Waals surface area contributed by atoms with Crippen LogP contribution in [0.5, 0.6) is 0 Å². The third-order valence-corrected chi connectivity index (χ3v) is 5.07. The summed E-state index contributed by atoms with van der Waals surface area (Å²) in [6.07, 6.45) is 1.04. The van der Waals surface area contributed by atoms with Gasteiger partial charge in [-0.15, -0.1) is 0 Å². The summed E-state index contributed by atoms with van der Waals surface area (Å²) in [5.74, 6) is -1.23. The average Bonchev–Trinajstić information content (AvgIpc) is 3.14. The summed E-state index contributed by atoms with van der Waals surface area (Å²) in [6.45, 7) is 8.04. The molecule has 0 unspecified atom stereocenters. The van der Waals surface area contributed by atoms with E-state index < -0.39 is 5.97 Å². The van der Waals surface area contributed by atoms with Gasteiger partial charge >= 0.3 is 5.97 Å². The Morgan fingerprint density at radius 3 is 2.21 bits per heavy atom. The summed E-state index contributed by atoms with van der Waals surface area (Å²) in [5.41, 5.74) is 10.5. The van der Waals surface area contributed by atoms with Gasteiger partial charge in [0.2, 0.25) is 0 Å². The number of nitrogens with zero attached hydrogens (tertiary/aromatic N) is 3. The molecule has 2 aromatic heterocycles. The van der Waals surface area contributed by atoms with Crippen molar-refractivity contribution in [3.63, 3.8) is 0 Å². The second kappa shape index (κ2) is 9.60. The Labute approximate surface area is 191 Å². The first kappa shape index (κ1) is 23.6. The van der Waals surface area contributed by atoms with Crippen molar-refractivity contribution >= 4 is 29.2 Å². The Bertz CT molecular complexity index is 1310. The van der Waals surface area contributed by atoms with Crippen molar-refractivity contribution in [3.05, 3.63) is 71.3 Å². The van der Waals surface area contributed by atoms with E-state index in [9.17, 15) is 14.3 Å². The molecule has 0 fully saturated rings. The van der Waals surface area contributed by atoms with Gasteiger partial charge in [0.25, 0.3) is 0 Å². The summed E-state index contributed by atoms with van der Waals surface area (Å²) in [7, 11) is 0. The Hall–Kier alpha value is -4.07. The Morgan fingerprint density at radius 1 is 1.09 bits per heavy atom. The van der Waals surface area contributed by atoms with E-state index in [1.54, 1.807) is 24.3 Å². The van der Waals surface area contributed by atoms with Gasteiger partial charge in [0, 0.05) is 23.2 Å². The second-order valence-corrected chi connectivity index (χ2v) is 7.42. The number of carboxylic acid groups (broad SMARTS) is 1. The van der Waals surface area contributed by atoms with Crippen LogP contribution in [-0.4, -0.2) is 31.8 Å². The van der Waals surface area contributed by atoms with Crippen LogP contribution in [0.1, 0.15) is 55.4 Å². The molecule has 0 saturated carbocycles. The predicted molar refractivity (Wildman–Crippen MR) is 129 cm³/mol. The zero-order chi connectivity index (χ0) is 24.3. The number of anilines is 1. The van der Waals surface area contributed by atoms with Gasteiger partial charge in [-0.1, -0.05) is 39.8 Å². The molecule has 33 heavy (non-hydrogen) atoms. The van der Waals surface area contributed by atoms with Crippen molar-refractivity contribution in [2.24, 2.45) is 0 Å². The highest BCUT2D eigenvalue weighted by Gasteiger charge is 2.25. The molecule has 8 heteroatoms. The number of nitrogens with one attached hydrogen (secondary N) is 1. The molecule has 7 nitrogen and oxygen atoms in total. The molecule has 0 radical (unpaired) electrons.